The Morgan fingerprint density at radius 2 is 1.17 bits per heavy atom. The van der Waals surface area contributed by atoms with Crippen molar-refractivity contribution in [2.75, 3.05) is 0 Å². The van der Waals surface area contributed by atoms with Crippen LogP contribution in [0.5, 0.6) is 0 Å². The third kappa shape index (κ3) is 1.45. The highest BCUT2D eigenvalue weighted by Gasteiger charge is 2.01. The van der Waals surface area contributed by atoms with Crippen LogP contribution >= 0.6 is 22.7 Å². The highest BCUT2D eigenvalue weighted by atomic mass is 32.1. The summed E-state index contributed by atoms with van der Waals surface area (Å²) in [6.07, 6.45) is 0. The first-order valence-corrected chi connectivity index (χ1v) is 5.52. The third-order valence-corrected chi connectivity index (χ3v) is 3.92. The van der Waals surface area contributed by atoms with Crippen molar-refractivity contribution in [1.82, 2.24) is 0 Å². The topological polar surface area (TPSA) is 0 Å². The van der Waals surface area contributed by atoms with Gasteiger partial charge in [-0.2, -0.15) is 0 Å². The van der Waals surface area contributed by atoms with Gasteiger partial charge in [-0.25, -0.2) is 0 Å². The molecule has 0 aromatic carbocycles. The van der Waals surface area contributed by atoms with E-state index in [0.717, 1.165) is 0 Å². The first-order chi connectivity index (χ1) is 5.75. The molecular formula is C10H10S2. The summed E-state index contributed by atoms with van der Waals surface area (Å²) in [5.74, 6) is 0. The van der Waals surface area contributed by atoms with Gasteiger partial charge in [-0.05, 0) is 38.1 Å². The lowest BCUT2D eigenvalue weighted by Gasteiger charge is -1.87. The number of aryl methyl sites for hydroxylation is 2. The smallest absolute Gasteiger partial charge is 0.0445 e. The molecule has 0 aliphatic heterocycles. The molecule has 0 radical (unpaired) electrons. The molecule has 0 nitrogen and oxygen atoms in total. The highest BCUT2D eigenvalue weighted by Crippen LogP contribution is 2.32. The summed E-state index contributed by atoms with van der Waals surface area (Å²) in [6, 6.07) is 8.75. The van der Waals surface area contributed by atoms with Gasteiger partial charge in [0, 0.05) is 19.5 Å². The van der Waals surface area contributed by atoms with E-state index in [2.05, 4.69) is 38.1 Å². The van der Waals surface area contributed by atoms with Gasteiger partial charge in [0.15, 0.2) is 0 Å². The van der Waals surface area contributed by atoms with Gasteiger partial charge in [-0.3, -0.25) is 0 Å². The quantitative estimate of drug-likeness (QED) is 0.641. The minimum Gasteiger partial charge on any atom is -0.140 e. The first kappa shape index (κ1) is 8.02. The Bertz CT molecular complexity index is 344. The van der Waals surface area contributed by atoms with E-state index in [9.17, 15) is 0 Å². The maximum absolute atomic E-state index is 2.20. The molecule has 0 amide bonds. The number of rotatable bonds is 1. The zero-order valence-corrected chi connectivity index (χ0v) is 8.76. The second kappa shape index (κ2) is 3.04. The van der Waals surface area contributed by atoms with Crippen LogP contribution in [0.3, 0.4) is 0 Å². The molecule has 2 rings (SSSR count). The van der Waals surface area contributed by atoms with Crippen molar-refractivity contribution < 1.29 is 0 Å². The average Bonchev–Trinajstić information content (AvgIpc) is 2.58. The zero-order chi connectivity index (χ0) is 8.55. The maximum Gasteiger partial charge on any atom is 0.0445 e. The monoisotopic (exact) mass is 194 g/mol. The fraction of sp³-hybridized carbons (Fsp3) is 0.200. The minimum absolute atomic E-state index is 1.39. The maximum atomic E-state index is 2.20. The van der Waals surface area contributed by atoms with Crippen LogP contribution in [-0.4, -0.2) is 0 Å². The Labute approximate surface area is 80.5 Å². The van der Waals surface area contributed by atoms with E-state index in [4.69, 9.17) is 0 Å². The normalized spacial score (nSPS) is 10.5. The van der Waals surface area contributed by atoms with Crippen LogP contribution in [0.25, 0.3) is 9.75 Å². The largest absolute Gasteiger partial charge is 0.140 e. The van der Waals surface area contributed by atoms with Gasteiger partial charge in [0.05, 0.1) is 0 Å². The van der Waals surface area contributed by atoms with Crippen molar-refractivity contribution in [3.05, 3.63) is 34.0 Å². The zero-order valence-electron chi connectivity index (χ0n) is 7.13. The first-order valence-electron chi connectivity index (χ1n) is 3.89. The molecule has 0 spiro atoms. The molecule has 0 aliphatic rings. The van der Waals surface area contributed by atoms with Gasteiger partial charge in [0.1, 0.15) is 0 Å². The molecule has 0 saturated carbocycles. The Kier molecular flexibility index (Phi) is 2.03. The minimum atomic E-state index is 1.39. The standard InChI is InChI=1S/C10H10S2/c1-7-3-5-9(11-7)10-6-4-8(2)12-10/h3-6H,1-2H3. The molecule has 0 aliphatic carbocycles. The lowest BCUT2D eigenvalue weighted by atomic mass is 10.3. The molecule has 2 heterocycles. The van der Waals surface area contributed by atoms with E-state index in [1.165, 1.54) is 19.5 Å². The summed E-state index contributed by atoms with van der Waals surface area (Å²) < 4.78 is 0. The van der Waals surface area contributed by atoms with E-state index < -0.39 is 0 Å². The SMILES string of the molecule is Cc1ccc(-c2ccc(C)s2)s1. The Morgan fingerprint density at radius 1 is 0.750 bits per heavy atom. The van der Waals surface area contributed by atoms with Gasteiger partial charge in [0.25, 0.3) is 0 Å². The summed E-state index contributed by atoms with van der Waals surface area (Å²) in [4.78, 5) is 5.56. The van der Waals surface area contributed by atoms with Crippen molar-refractivity contribution in [1.29, 1.82) is 0 Å². The summed E-state index contributed by atoms with van der Waals surface area (Å²) in [5, 5.41) is 0. The van der Waals surface area contributed by atoms with Crippen LogP contribution in [0.2, 0.25) is 0 Å². The lowest BCUT2D eigenvalue weighted by molar-refractivity contribution is 1.64. The van der Waals surface area contributed by atoms with Crippen molar-refractivity contribution in [3.8, 4) is 9.75 Å². The number of hydrogen-bond acceptors (Lipinski definition) is 2. The molecular weight excluding hydrogens is 184 g/mol. The summed E-state index contributed by atoms with van der Waals surface area (Å²) >= 11 is 3.73. The fourth-order valence-electron chi connectivity index (χ4n) is 1.13. The van der Waals surface area contributed by atoms with E-state index in [1.54, 1.807) is 0 Å². The Morgan fingerprint density at radius 3 is 1.42 bits per heavy atom. The molecule has 0 bridgehead atoms. The summed E-state index contributed by atoms with van der Waals surface area (Å²) in [7, 11) is 0. The van der Waals surface area contributed by atoms with Crippen molar-refractivity contribution in [2.24, 2.45) is 0 Å². The van der Waals surface area contributed by atoms with E-state index in [-0.39, 0.29) is 0 Å². The van der Waals surface area contributed by atoms with Crippen LogP contribution in [0.4, 0.5) is 0 Å². The molecule has 0 saturated heterocycles. The van der Waals surface area contributed by atoms with Crippen molar-refractivity contribution >= 4 is 22.7 Å². The molecule has 0 unspecified atom stereocenters. The molecule has 2 aromatic rings. The Balaban J connectivity index is 2.43. The molecule has 0 fully saturated rings. The summed E-state index contributed by atoms with van der Waals surface area (Å²) in [5.41, 5.74) is 0. The molecule has 2 aromatic heterocycles. The van der Waals surface area contributed by atoms with Gasteiger partial charge >= 0.3 is 0 Å². The van der Waals surface area contributed by atoms with E-state index in [0.29, 0.717) is 0 Å². The molecule has 2 heteroatoms. The molecule has 0 N–H and O–H groups in total. The molecule has 0 atom stereocenters. The van der Waals surface area contributed by atoms with Gasteiger partial charge < -0.3 is 0 Å². The second-order valence-electron chi connectivity index (χ2n) is 2.82. The fourth-order valence-corrected chi connectivity index (χ4v) is 2.96. The van der Waals surface area contributed by atoms with Crippen molar-refractivity contribution in [3.63, 3.8) is 0 Å². The molecule has 12 heavy (non-hydrogen) atoms. The van der Waals surface area contributed by atoms with Crippen LogP contribution < -0.4 is 0 Å². The predicted molar refractivity (Wildman–Crippen MR) is 57.1 cm³/mol. The van der Waals surface area contributed by atoms with Crippen LogP contribution in [0.1, 0.15) is 9.75 Å². The molecule has 62 valence electrons. The van der Waals surface area contributed by atoms with E-state index in [1.807, 2.05) is 22.7 Å². The van der Waals surface area contributed by atoms with Gasteiger partial charge in [-0.1, -0.05) is 0 Å². The number of thiophene rings is 2. The van der Waals surface area contributed by atoms with Gasteiger partial charge in [0.2, 0.25) is 0 Å². The third-order valence-electron chi connectivity index (χ3n) is 1.72. The van der Waals surface area contributed by atoms with Crippen LogP contribution in [0.15, 0.2) is 24.3 Å². The predicted octanol–water partition coefficient (Wildman–Crippen LogP) is 4.09. The Hall–Kier alpha value is -0.600. The lowest BCUT2D eigenvalue weighted by Crippen LogP contribution is -1.55. The highest BCUT2D eigenvalue weighted by molar-refractivity contribution is 7.22. The average molecular weight is 194 g/mol. The van der Waals surface area contributed by atoms with Crippen LogP contribution in [0, 0.1) is 13.8 Å². The summed E-state index contributed by atoms with van der Waals surface area (Å²) in [6.45, 7) is 4.29. The second-order valence-corrected chi connectivity index (χ2v) is 5.40. The number of hydrogen-bond donors (Lipinski definition) is 0. The van der Waals surface area contributed by atoms with Crippen LogP contribution in [-0.2, 0) is 0 Å². The van der Waals surface area contributed by atoms with E-state index >= 15 is 0 Å². The van der Waals surface area contributed by atoms with Crippen molar-refractivity contribution in [2.45, 2.75) is 13.8 Å². The van der Waals surface area contributed by atoms with Gasteiger partial charge in [-0.15, -0.1) is 22.7 Å².